The van der Waals surface area contributed by atoms with Crippen molar-refractivity contribution in [2.45, 2.75) is 18.6 Å². The number of nitrogens with one attached hydrogen (secondary N) is 1. The minimum atomic E-state index is -0.350. The molecule has 2 N–H and O–H groups in total. The third-order valence-corrected chi connectivity index (χ3v) is 3.71. The molecule has 3 heterocycles. The minimum absolute atomic E-state index is 0.0663. The smallest absolute Gasteiger partial charge is 0.244 e. The minimum Gasteiger partial charge on any atom is -0.392 e. The Bertz CT molecular complexity index is 786. The second-order valence-electron chi connectivity index (χ2n) is 5.22. The summed E-state index contributed by atoms with van der Waals surface area (Å²) in [5.74, 6) is 1.08. The molecule has 1 fully saturated rings. The molecule has 0 radical (unpaired) electrons. The second kappa shape index (κ2) is 4.91. The molecular weight excluding hydrogens is 268 g/mol. The highest BCUT2D eigenvalue weighted by molar-refractivity contribution is 5.82. The molecule has 21 heavy (non-hydrogen) atoms. The maximum absolute atomic E-state index is 9.54. The number of aliphatic hydroxyl groups excluding tert-OH is 1. The Morgan fingerprint density at radius 3 is 3.10 bits per heavy atom. The van der Waals surface area contributed by atoms with Gasteiger partial charge in [0.05, 0.1) is 17.7 Å². The SMILES string of the molecule is O[C@H]1CN[C@H](c2nc(-c3ccc4ncccc4c3)no2)C1. The van der Waals surface area contributed by atoms with E-state index >= 15 is 0 Å². The van der Waals surface area contributed by atoms with Crippen LogP contribution in [-0.2, 0) is 0 Å². The molecule has 0 saturated carbocycles. The van der Waals surface area contributed by atoms with Crippen LogP contribution in [0.5, 0.6) is 0 Å². The molecule has 0 bridgehead atoms. The Hall–Kier alpha value is -2.31. The van der Waals surface area contributed by atoms with Gasteiger partial charge in [0.2, 0.25) is 11.7 Å². The van der Waals surface area contributed by atoms with E-state index in [0.29, 0.717) is 24.7 Å². The first-order valence-corrected chi connectivity index (χ1v) is 6.90. The molecule has 106 valence electrons. The molecule has 2 atom stereocenters. The van der Waals surface area contributed by atoms with Crippen LogP contribution in [0.15, 0.2) is 41.1 Å². The molecule has 1 aliphatic heterocycles. The van der Waals surface area contributed by atoms with Crippen LogP contribution in [0.4, 0.5) is 0 Å². The lowest BCUT2D eigenvalue weighted by atomic mass is 10.1. The third kappa shape index (κ3) is 2.28. The van der Waals surface area contributed by atoms with Crippen LogP contribution in [0.25, 0.3) is 22.3 Å². The number of rotatable bonds is 2. The van der Waals surface area contributed by atoms with Gasteiger partial charge >= 0.3 is 0 Å². The first-order chi connectivity index (χ1) is 10.3. The van der Waals surface area contributed by atoms with Crippen LogP contribution in [0.1, 0.15) is 18.4 Å². The quantitative estimate of drug-likeness (QED) is 0.744. The molecule has 1 saturated heterocycles. The van der Waals surface area contributed by atoms with E-state index in [2.05, 4.69) is 20.4 Å². The lowest BCUT2D eigenvalue weighted by Gasteiger charge is -2.01. The topological polar surface area (TPSA) is 84.1 Å². The van der Waals surface area contributed by atoms with Gasteiger partial charge in [-0.15, -0.1) is 0 Å². The van der Waals surface area contributed by atoms with Crippen molar-refractivity contribution < 1.29 is 9.63 Å². The summed E-state index contributed by atoms with van der Waals surface area (Å²) in [4.78, 5) is 8.72. The molecule has 4 rings (SSSR count). The van der Waals surface area contributed by atoms with E-state index in [1.54, 1.807) is 6.20 Å². The summed E-state index contributed by atoms with van der Waals surface area (Å²) >= 11 is 0. The number of hydrogen-bond acceptors (Lipinski definition) is 6. The summed E-state index contributed by atoms with van der Waals surface area (Å²) in [6, 6.07) is 9.70. The van der Waals surface area contributed by atoms with E-state index in [-0.39, 0.29) is 12.1 Å². The van der Waals surface area contributed by atoms with Crippen molar-refractivity contribution in [1.29, 1.82) is 0 Å². The van der Waals surface area contributed by atoms with Gasteiger partial charge in [0, 0.05) is 23.7 Å². The van der Waals surface area contributed by atoms with E-state index in [1.807, 2.05) is 30.3 Å². The van der Waals surface area contributed by atoms with Crippen LogP contribution in [0.2, 0.25) is 0 Å². The van der Waals surface area contributed by atoms with Gasteiger partial charge in [-0.3, -0.25) is 4.98 Å². The third-order valence-electron chi connectivity index (χ3n) is 3.71. The van der Waals surface area contributed by atoms with Gasteiger partial charge in [0.15, 0.2) is 0 Å². The molecule has 3 aromatic rings. The van der Waals surface area contributed by atoms with Gasteiger partial charge in [0.1, 0.15) is 0 Å². The first-order valence-electron chi connectivity index (χ1n) is 6.90. The summed E-state index contributed by atoms with van der Waals surface area (Å²) in [5.41, 5.74) is 1.83. The fourth-order valence-electron chi connectivity index (χ4n) is 2.61. The Morgan fingerprint density at radius 2 is 2.24 bits per heavy atom. The average Bonchev–Trinajstić information content (AvgIpc) is 3.15. The number of aromatic nitrogens is 3. The summed E-state index contributed by atoms with van der Waals surface area (Å²) in [6.07, 6.45) is 2.02. The van der Waals surface area contributed by atoms with Crippen molar-refractivity contribution >= 4 is 10.9 Å². The summed E-state index contributed by atoms with van der Waals surface area (Å²) in [7, 11) is 0. The lowest BCUT2D eigenvalue weighted by molar-refractivity contribution is 0.191. The van der Waals surface area contributed by atoms with Crippen LogP contribution in [-0.4, -0.2) is 32.9 Å². The predicted molar refractivity (Wildman–Crippen MR) is 76.4 cm³/mol. The van der Waals surface area contributed by atoms with Crippen LogP contribution in [0, 0.1) is 0 Å². The fourth-order valence-corrected chi connectivity index (χ4v) is 2.61. The van der Waals surface area contributed by atoms with E-state index in [1.165, 1.54) is 0 Å². The molecule has 0 spiro atoms. The Balaban J connectivity index is 1.67. The van der Waals surface area contributed by atoms with Gasteiger partial charge in [-0.2, -0.15) is 4.98 Å². The number of hydrogen-bond donors (Lipinski definition) is 2. The highest BCUT2D eigenvalue weighted by Crippen LogP contribution is 2.26. The number of β-amino-alcohol motifs (C(OH)–C–C–N with tert-alkyl or cyclic N) is 1. The van der Waals surface area contributed by atoms with Crippen molar-refractivity contribution in [2.24, 2.45) is 0 Å². The summed E-state index contributed by atoms with van der Waals surface area (Å²) in [5, 5.41) is 17.8. The van der Waals surface area contributed by atoms with Crippen molar-refractivity contribution in [2.75, 3.05) is 6.54 Å². The number of nitrogens with zero attached hydrogens (tertiary/aromatic N) is 3. The van der Waals surface area contributed by atoms with Crippen LogP contribution < -0.4 is 5.32 Å². The Kier molecular flexibility index (Phi) is 2.90. The van der Waals surface area contributed by atoms with Crippen molar-refractivity contribution in [3.05, 3.63) is 42.4 Å². The zero-order valence-corrected chi connectivity index (χ0v) is 11.2. The maximum atomic E-state index is 9.54. The average molecular weight is 282 g/mol. The lowest BCUT2D eigenvalue weighted by Crippen LogP contribution is -2.15. The van der Waals surface area contributed by atoms with E-state index in [9.17, 15) is 5.11 Å². The van der Waals surface area contributed by atoms with Gasteiger partial charge in [-0.05, 0) is 30.7 Å². The van der Waals surface area contributed by atoms with Gasteiger partial charge in [-0.25, -0.2) is 0 Å². The highest BCUT2D eigenvalue weighted by Gasteiger charge is 2.28. The normalized spacial score (nSPS) is 22.0. The second-order valence-corrected chi connectivity index (χ2v) is 5.22. The highest BCUT2D eigenvalue weighted by atomic mass is 16.5. The largest absolute Gasteiger partial charge is 0.392 e. The molecule has 0 aliphatic carbocycles. The van der Waals surface area contributed by atoms with Crippen molar-refractivity contribution in [3.8, 4) is 11.4 Å². The molecule has 1 aromatic carbocycles. The number of fused-ring (bicyclic) bond motifs is 1. The Morgan fingerprint density at radius 1 is 1.29 bits per heavy atom. The number of benzene rings is 1. The van der Waals surface area contributed by atoms with Gasteiger partial charge < -0.3 is 14.9 Å². The zero-order valence-electron chi connectivity index (χ0n) is 11.2. The molecule has 1 aliphatic rings. The molecule has 0 amide bonds. The predicted octanol–water partition coefficient (Wildman–Crippen LogP) is 1.68. The summed E-state index contributed by atoms with van der Waals surface area (Å²) in [6.45, 7) is 0.560. The molecular formula is C15H14N4O2. The van der Waals surface area contributed by atoms with Crippen molar-refractivity contribution in [3.63, 3.8) is 0 Å². The molecule has 6 heteroatoms. The maximum Gasteiger partial charge on any atom is 0.244 e. The zero-order chi connectivity index (χ0) is 14.2. The van der Waals surface area contributed by atoms with E-state index in [0.717, 1.165) is 16.5 Å². The number of pyridine rings is 1. The van der Waals surface area contributed by atoms with Gasteiger partial charge in [-0.1, -0.05) is 11.2 Å². The Labute approximate surface area is 120 Å². The molecule has 2 aromatic heterocycles. The summed E-state index contributed by atoms with van der Waals surface area (Å²) < 4.78 is 5.31. The number of aliphatic hydroxyl groups is 1. The van der Waals surface area contributed by atoms with E-state index < -0.39 is 0 Å². The van der Waals surface area contributed by atoms with E-state index in [4.69, 9.17) is 4.52 Å². The molecule has 0 unspecified atom stereocenters. The molecule has 6 nitrogen and oxygen atoms in total. The fraction of sp³-hybridized carbons (Fsp3) is 0.267. The van der Waals surface area contributed by atoms with Crippen molar-refractivity contribution in [1.82, 2.24) is 20.4 Å². The van der Waals surface area contributed by atoms with Gasteiger partial charge in [0.25, 0.3) is 0 Å². The van der Waals surface area contributed by atoms with Crippen LogP contribution in [0.3, 0.4) is 0 Å². The standard InChI is InChI=1S/C15H14N4O2/c20-11-7-13(17-8-11)15-18-14(19-21-15)10-3-4-12-9(6-10)2-1-5-16-12/h1-6,11,13,17,20H,7-8H2/t11-,13+/m1/s1. The monoisotopic (exact) mass is 282 g/mol. The van der Waals surface area contributed by atoms with Crippen LogP contribution >= 0.6 is 0 Å². The first kappa shape index (κ1) is 12.4.